The van der Waals surface area contributed by atoms with Gasteiger partial charge in [0.25, 0.3) is 0 Å². The summed E-state index contributed by atoms with van der Waals surface area (Å²) in [5, 5.41) is 10.4. The molecule has 2 heterocycles. The van der Waals surface area contributed by atoms with Crippen LogP contribution >= 0.6 is 11.6 Å². The number of hydrogen-bond donors (Lipinski definition) is 1. The van der Waals surface area contributed by atoms with Gasteiger partial charge < -0.3 is 9.67 Å². The van der Waals surface area contributed by atoms with Gasteiger partial charge in [-0.15, -0.1) is 0 Å². The van der Waals surface area contributed by atoms with Crippen LogP contribution < -0.4 is 0 Å². The summed E-state index contributed by atoms with van der Waals surface area (Å²) in [5.74, 6) is 0.0235. The second kappa shape index (κ2) is 2.38. The monoisotopic (exact) mass is 182 g/mol. The Kier molecular flexibility index (Phi) is 1.48. The third kappa shape index (κ3) is 0.865. The van der Waals surface area contributed by atoms with E-state index in [0.717, 1.165) is 11.0 Å². The zero-order valence-electron chi connectivity index (χ0n) is 6.45. The van der Waals surface area contributed by atoms with E-state index in [1.165, 1.54) is 6.20 Å². The van der Waals surface area contributed by atoms with E-state index in [9.17, 15) is 5.11 Å². The number of fused-ring (bicyclic) bond motifs is 1. The van der Waals surface area contributed by atoms with Crippen molar-refractivity contribution < 1.29 is 5.11 Å². The van der Waals surface area contributed by atoms with E-state index in [1.54, 1.807) is 0 Å². The lowest BCUT2D eigenvalue weighted by Gasteiger charge is -1.98. The molecule has 0 aliphatic carbocycles. The van der Waals surface area contributed by atoms with Gasteiger partial charge in [-0.2, -0.15) is 0 Å². The Labute approximate surface area is 74.2 Å². The van der Waals surface area contributed by atoms with Gasteiger partial charge >= 0.3 is 0 Å². The molecular formula is C8H7ClN2O. The maximum atomic E-state index is 9.22. The third-order valence-corrected chi connectivity index (χ3v) is 2.21. The van der Waals surface area contributed by atoms with Crippen molar-refractivity contribution in [2.75, 3.05) is 0 Å². The number of aromatic hydroxyl groups is 1. The highest BCUT2D eigenvalue weighted by Gasteiger charge is 2.06. The molecule has 0 radical (unpaired) electrons. The molecule has 0 fully saturated rings. The van der Waals surface area contributed by atoms with Crippen LogP contribution in [0.5, 0.6) is 5.75 Å². The first-order chi connectivity index (χ1) is 5.70. The van der Waals surface area contributed by atoms with Gasteiger partial charge in [0, 0.05) is 18.6 Å². The van der Waals surface area contributed by atoms with Crippen LogP contribution in [0.25, 0.3) is 11.0 Å². The van der Waals surface area contributed by atoms with Crippen LogP contribution in [-0.4, -0.2) is 14.7 Å². The van der Waals surface area contributed by atoms with E-state index >= 15 is 0 Å². The maximum absolute atomic E-state index is 9.22. The molecule has 0 spiro atoms. The van der Waals surface area contributed by atoms with Crippen molar-refractivity contribution in [1.29, 1.82) is 0 Å². The lowest BCUT2D eigenvalue weighted by molar-refractivity contribution is 0.474. The summed E-state index contributed by atoms with van der Waals surface area (Å²) in [4.78, 5) is 4.03. The highest BCUT2D eigenvalue weighted by Crippen LogP contribution is 2.29. The number of rotatable bonds is 0. The second-order valence-electron chi connectivity index (χ2n) is 2.62. The summed E-state index contributed by atoms with van der Waals surface area (Å²) in [6, 6.07) is 1.82. The molecular weight excluding hydrogens is 176 g/mol. The smallest absolute Gasteiger partial charge is 0.153 e. The van der Waals surface area contributed by atoms with Crippen LogP contribution in [-0.2, 0) is 7.05 Å². The molecule has 1 N–H and O–H groups in total. The average molecular weight is 183 g/mol. The van der Waals surface area contributed by atoms with Crippen molar-refractivity contribution in [3.8, 4) is 5.75 Å². The van der Waals surface area contributed by atoms with Crippen molar-refractivity contribution in [1.82, 2.24) is 9.55 Å². The summed E-state index contributed by atoms with van der Waals surface area (Å²) >= 11 is 5.84. The standard InChI is InChI=1S/C8H7ClN2O/c1-11-3-2-5-7(9)6(12)4-10-8(5)11/h2-4,12H,1H3. The Morgan fingerprint density at radius 1 is 1.58 bits per heavy atom. The molecule has 0 saturated carbocycles. The van der Waals surface area contributed by atoms with Gasteiger partial charge in [0.1, 0.15) is 5.65 Å². The largest absolute Gasteiger partial charge is 0.505 e. The van der Waals surface area contributed by atoms with Crippen molar-refractivity contribution in [2.45, 2.75) is 0 Å². The lowest BCUT2D eigenvalue weighted by Crippen LogP contribution is -1.87. The lowest BCUT2D eigenvalue weighted by atomic mass is 10.3. The summed E-state index contributed by atoms with van der Waals surface area (Å²) < 4.78 is 1.85. The van der Waals surface area contributed by atoms with E-state index in [2.05, 4.69) is 4.98 Å². The van der Waals surface area contributed by atoms with Crippen LogP contribution in [0.3, 0.4) is 0 Å². The highest BCUT2D eigenvalue weighted by molar-refractivity contribution is 6.36. The molecule has 0 bridgehead atoms. The fourth-order valence-corrected chi connectivity index (χ4v) is 1.37. The predicted octanol–water partition coefficient (Wildman–Crippen LogP) is 1.93. The Balaban J connectivity index is 2.93. The van der Waals surface area contributed by atoms with Crippen LogP contribution in [0, 0.1) is 0 Å². The molecule has 0 aliphatic rings. The second-order valence-corrected chi connectivity index (χ2v) is 3.00. The molecule has 3 nitrogen and oxygen atoms in total. The molecule has 0 unspecified atom stereocenters. The summed E-state index contributed by atoms with van der Waals surface area (Å²) in [5.41, 5.74) is 0.776. The van der Waals surface area contributed by atoms with Crippen molar-refractivity contribution >= 4 is 22.6 Å². The van der Waals surface area contributed by atoms with Crippen LogP contribution in [0.2, 0.25) is 5.02 Å². The summed E-state index contributed by atoms with van der Waals surface area (Å²) in [7, 11) is 1.88. The molecule has 2 rings (SSSR count). The quantitative estimate of drug-likeness (QED) is 0.676. The van der Waals surface area contributed by atoms with Gasteiger partial charge in [-0.1, -0.05) is 11.6 Å². The Bertz CT molecular complexity index is 436. The molecule has 0 aliphatic heterocycles. The number of aryl methyl sites for hydroxylation is 1. The predicted molar refractivity (Wildman–Crippen MR) is 47.4 cm³/mol. The number of pyridine rings is 1. The highest BCUT2D eigenvalue weighted by atomic mass is 35.5. The fraction of sp³-hybridized carbons (Fsp3) is 0.125. The van der Waals surface area contributed by atoms with Crippen molar-refractivity contribution in [2.24, 2.45) is 7.05 Å². The molecule has 12 heavy (non-hydrogen) atoms. The topological polar surface area (TPSA) is 38.0 Å². The Morgan fingerprint density at radius 2 is 2.33 bits per heavy atom. The number of nitrogens with zero attached hydrogens (tertiary/aromatic N) is 2. The van der Waals surface area contributed by atoms with Crippen LogP contribution in [0.4, 0.5) is 0 Å². The fourth-order valence-electron chi connectivity index (χ4n) is 1.17. The summed E-state index contributed by atoms with van der Waals surface area (Å²) in [6.07, 6.45) is 3.20. The van der Waals surface area contributed by atoms with E-state index in [1.807, 2.05) is 23.9 Å². The summed E-state index contributed by atoms with van der Waals surface area (Å²) in [6.45, 7) is 0. The third-order valence-electron chi connectivity index (χ3n) is 1.81. The van der Waals surface area contributed by atoms with Crippen molar-refractivity contribution in [3.63, 3.8) is 0 Å². The normalized spacial score (nSPS) is 10.8. The number of hydrogen-bond acceptors (Lipinski definition) is 2. The molecule has 0 saturated heterocycles. The molecule has 62 valence electrons. The van der Waals surface area contributed by atoms with E-state index in [-0.39, 0.29) is 5.75 Å². The van der Waals surface area contributed by atoms with Gasteiger partial charge in [0.15, 0.2) is 5.75 Å². The van der Waals surface area contributed by atoms with E-state index in [0.29, 0.717) is 5.02 Å². The van der Waals surface area contributed by atoms with Crippen LogP contribution in [0.1, 0.15) is 0 Å². The van der Waals surface area contributed by atoms with Gasteiger partial charge in [0.2, 0.25) is 0 Å². The Morgan fingerprint density at radius 3 is 3.08 bits per heavy atom. The van der Waals surface area contributed by atoms with Gasteiger partial charge in [0.05, 0.1) is 11.2 Å². The maximum Gasteiger partial charge on any atom is 0.153 e. The zero-order valence-corrected chi connectivity index (χ0v) is 7.21. The van der Waals surface area contributed by atoms with E-state index in [4.69, 9.17) is 11.6 Å². The minimum Gasteiger partial charge on any atom is -0.505 e. The molecule has 0 amide bonds. The number of halogens is 1. The zero-order chi connectivity index (χ0) is 8.72. The molecule has 0 atom stereocenters. The van der Waals surface area contributed by atoms with Crippen LogP contribution in [0.15, 0.2) is 18.5 Å². The SMILES string of the molecule is Cn1ccc2c(Cl)c(O)cnc21. The van der Waals surface area contributed by atoms with E-state index < -0.39 is 0 Å². The minimum absolute atomic E-state index is 0.0235. The average Bonchev–Trinajstić information content (AvgIpc) is 2.41. The van der Waals surface area contributed by atoms with Gasteiger partial charge in [-0.3, -0.25) is 0 Å². The molecule has 0 aromatic carbocycles. The molecule has 2 aromatic heterocycles. The van der Waals surface area contributed by atoms with Gasteiger partial charge in [-0.25, -0.2) is 4.98 Å². The number of aromatic nitrogens is 2. The first kappa shape index (κ1) is 7.43. The molecule has 2 aromatic rings. The Hall–Kier alpha value is -1.22. The first-order valence-electron chi connectivity index (χ1n) is 3.48. The minimum atomic E-state index is 0.0235. The van der Waals surface area contributed by atoms with Gasteiger partial charge in [-0.05, 0) is 6.07 Å². The first-order valence-corrected chi connectivity index (χ1v) is 3.86. The van der Waals surface area contributed by atoms with Crippen molar-refractivity contribution in [3.05, 3.63) is 23.5 Å². The molecule has 4 heteroatoms.